The second kappa shape index (κ2) is 6.26. The topological polar surface area (TPSA) is 58.6 Å². The summed E-state index contributed by atoms with van der Waals surface area (Å²) in [6.07, 6.45) is 0. The van der Waals surface area contributed by atoms with Crippen molar-refractivity contribution in [3.63, 3.8) is 0 Å². The van der Waals surface area contributed by atoms with Crippen LogP contribution < -0.4 is 10.2 Å². The molecule has 114 valence electrons. The lowest BCUT2D eigenvalue weighted by atomic mass is 10.0. The number of nitrogens with zero attached hydrogens (tertiary/aromatic N) is 1. The van der Waals surface area contributed by atoms with Gasteiger partial charge in [0.25, 0.3) is 5.91 Å². The van der Waals surface area contributed by atoms with Gasteiger partial charge in [-0.3, -0.25) is 9.59 Å². The molecule has 0 spiro atoms. The Morgan fingerprint density at radius 2 is 1.90 bits per heavy atom. The van der Waals surface area contributed by atoms with Gasteiger partial charge in [-0.15, -0.1) is 0 Å². The summed E-state index contributed by atoms with van der Waals surface area (Å²) in [6, 6.07) is 6.52. The van der Waals surface area contributed by atoms with Gasteiger partial charge in [0.05, 0.1) is 23.9 Å². The van der Waals surface area contributed by atoms with Crippen LogP contribution in [0.5, 0.6) is 0 Å². The van der Waals surface area contributed by atoms with Crippen LogP contribution in [0.1, 0.15) is 31.1 Å². The van der Waals surface area contributed by atoms with E-state index in [-0.39, 0.29) is 23.8 Å². The van der Waals surface area contributed by atoms with E-state index < -0.39 is 6.04 Å². The maximum absolute atomic E-state index is 12.9. The molecule has 21 heavy (non-hydrogen) atoms. The summed E-state index contributed by atoms with van der Waals surface area (Å²) in [7, 11) is 1.61. The third-order valence-electron chi connectivity index (χ3n) is 3.71. The number of anilines is 1. The number of benzene rings is 1. The Balaban J connectivity index is 2.53. The van der Waals surface area contributed by atoms with E-state index in [0.29, 0.717) is 17.9 Å². The fourth-order valence-electron chi connectivity index (χ4n) is 2.65. The highest BCUT2D eigenvalue weighted by atomic mass is 16.5. The highest BCUT2D eigenvalue weighted by Gasteiger charge is 2.37. The first-order valence-corrected chi connectivity index (χ1v) is 7.19. The van der Waals surface area contributed by atoms with Crippen molar-refractivity contribution in [3.05, 3.63) is 29.8 Å². The molecule has 2 amide bonds. The number of ether oxygens (including phenoxy) is 1. The molecule has 0 bridgehead atoms. The molecule has 1 aliphatic heterocycles. The predicted molar refractivity (Wildman–Crippen MR) is 81.4 cm³/mol. The van der Waals surface area contributed by atoms with Crippen molar-refractivity contribution < 1.29 is 14.3 Å². The zero-order valence-corrected chi connectivity index (χ0v) is 12.9. The highest BCUT2D eigenvalue weighted by Crippen LogP contribution is 2.27. The number of para-hydroxylation sites is 1. The smallest absolute Gasteiger partial charge is 0.254 e. The van der Waals surface area contributed by atoms with Crippen molar-refractivity contribution >= 4 is 17.5 Å². The molecule has 1 heterocycles. The Kier molecular flexibility index (Phi) is 4.63. The second-order valence-electron chi connectivity index (χ2n) is 5.72. The third kappa shape index (κ3) is 2.93. The summed E-state index contributed by atoms with van der Waals surface area (Å²) in [5.41, 5.74) is 1.17. The van der Waals surface area contributed by atoms with E-state index in [0.717, 1.165) is 0 Å². The molecule has 1 aromatic carbocycles. The van der Waals surface area contributed by atoms with Gasteiger partial charge in [-0.2, -0.15) is 0 Å². The number of nitrogens with one attached hydrogen (secondary N) is 1. The Hall–Kier alpha value is -1.88. The van der Waals surface area contributed by atoms with E-state index in [1.54, 1.807) is 24.1 Å². The van der Waals surface area contributed by atoms with Crippen LogP contribution in [0.2, 0.25) is 0 Å². The Bertz CT molecular complexity index is 542. The van der Waals surface area contributed by atoms with Crippen molar-refractivity contribution in [2.24, 2.45) is 5.92 Å². The van der Waals surface area contributed by atoms with Crippen LogP contribution in [0.25, 0.3) is 0 Å². The van der Waals surface area contributed by atoms with Crippen molar-refractivity contribution in [2.45, 2.75) is 32.9 Å². The lowest BCUT2D eigenvalue weighted by Crippen LogP contribution is -2.52. The van der Waals surface area contributed by atoms with Crippen LogP contribution in [-0.2, 0) is 9.53 Å². The molecule has 5 heteroatoms. The van der Waals surface area contributed by atoms with E-state index >= 15 is 0 Å². The van der Waals surface area contributed by atoms with Crippen LogP contribution in [0.3, 0.4) is 0 Å². The van der Waals surface area contributed by atoms with Crippen molar-refractivity contribution in [2.75, 3.05) is 18.6 Å². The van der Waals surface area contributed by atoms with E-state index in [1.165, 1.54) is 0 Å². The summed E-state index contributed by atoms with van der Waals surface area (Å²) in [4.78, 5) is 26.9. The maximum atomic E-state index is 12.9. The largest absolute Gasteiger partial charge is 0.383 e. The van der Waals surface area contributed by atoms with Gasteiger partial charge in [0.2, 0.25) is 5.91 Å². The number of carbonyl (C=O) groups is 2. The molecule has 5 nitrogen and oxygen atoms in total. The van der Waals surface area contributed by atoms with Gasteiger partial charge in [0, 0.05) is 7.11 Å². The summed E-state index contributed by atoms with van der Waals surface area (Å²) >= 11 is 0. The molecule has 0 fully saturated rings. The molecule has 0 saturated carbocycles. The monoisotopic (exact) mass is 290 g/mol. The fraction of sp³-hybridized carbons (Fsp3) is 0.500. The standard InChI is InChI=1S/C16H22N2O3/c1-10(2)14-16(20)18(11(3)9-21-4)13-8-6-5-7-12(13)15(19)17-14/h5-8,10-11,14H,9H2,1-4H3,(H,17,19). The minimum Gasteiger partial charge on any atom is -0.383 e. The molecular formula is C16H22N2O3. The Morgan fingerprint density at radius 1 is 1.24 bits per heavy atom. The second-order valence-corrected chi connectivity index (χ2v) is 5.72. The van der Waals surface area contributed by atoms with Crippen LogP contribution in [0, 0.1) is 5.92 Å². The molecule has 1 aromatic rings. The average molecular weight is 290 g/mol. The first kappa shape index (κ1) is 15.5. The Labute approximate surface area is 125 Å². The summed E-state index contributed by atoms with van der Waals surface area (Å²) in [6.45, 7) is 6.19. The zero-order valence-electron chi connectivity index (χ0n) is 12.9. The molecule has 2 rings (SSSR count). The van der Waals surface area contributed by atoms with Crippen LogP contribution in [0.4, 0.5) is 5.69 Å². The molecule has 0 radical (unpaired) electrons. The van der Waals surface area contributed by atoms with E-state index in [1.807, 2.05) is 32.9 Å². The fourth-order valence-corrected chi connectivity index (χ4v) is 2.65. The number of amides is 2. The van der Waals surface area contributed by atoms with Crippen LogP contribution >= 0.6 is 0 Å². The van der Waals surface area contributed by atoms with Crippen LogP contribution in [0.15, 0.2) is 24.3 Å². The number of hydrogen-bond acceptors (Lipinski definition) is 3. The van der Waals surface area contributed by atoms with Gasteiger partial charge >= 0.3 is 0 Å². The molecule has 2 unspecified atom stereocenters. The molecule has 1 N–H and O–H groups in total. The van der Waals surface area contributed by atoms with Crippen molar-refractivity contribution in [1.82, 2.24) is 5.32 Å². The van der Waals surface area contributed by atoms with Gasteiger partial charge in [0.1, 0.15) is 6.04 Å². The summed E-state index contributed by atoms with van der Waals surface area (Å²) < 4.78 is 5.18. The van der Waals surface area contributed by atoms with E-state index in [2.05, 4.69) is 5.32 Å². The van der Waals surface area contributed by atoms with Gasteiger partial charge < -0.3 is 15.0 Å². The van der Waals surface area contributed by atoms with Gasteiger partial charge in [0.15, 0.2) is 0 Å². The normalized spacial score (nSPS) is 20.0. The van der Waals surface area contributed by atoms with E-state index in [9.17, 15) is 9.59 Å². The number of carbonyl (C=O) groups excluding carboxylic acids is 2. The van der Waals surface area contributed by atoms with Gasteiger partial charge in [-0.05, 0) is 25.0 Å². The minimum absolute atomic E-state index is 0.0213. The first-order chi connectivity index (χ1) is 9.97. The number of methoxy groups -OCH3 is 1. The molecule has 1 aliphatic rings. The molecule has 2 atom stereocenters. The predicted octanol–water partition coefficient (Wildman–Crippen LogP) is 1.82. The minimum atomic E-state index is -0.524. The molecule has 0 aromatic heterocycles. The lowest BCUT2D eigenvalue weighted by molar-refractivity contribution is -0.121. The Morgan fingerprint density at radius 3 is 2.52 bits per heavy atom. The number of rotatable bonds is 4. The zero-order chi connectivity index (χ0) is 15.6. The quantitative estimate of drug-likeness (QED) is 0.920. The number of fused-ring (bicyclic) bond motifs is 1. The summed E-state index contributed by atoms with van der Waals surface area (Å²) in [5.74, 6) is -0.273. The van der Waals surface area contributed by atoms with E-state index in [4.69, 9.17) is 4.74 Å². The third-order valence-corrected chi connectivity index (χ3v) is 3.71. The highest BCUT2D eigenvalue weighted by molar-refractivity contribution is 6.11. The van der Waals surface area contributed by atoms with Crippen molar-refractivity contribution in [3.8, 4) is 0 Å². The lowest BCUT2D eigenvalue weighted by Gasteiger charge is -2.31. The SMILES string of the molecule is COCC(C)N1C(=O)C(C(C)C)NC(=O)c2ccccc21. The molecular weight excluding hydrogens is 268 g/mol. The van der Waals surface area contributed by atoms with Gasteiger partial charge in [-0.1, -0.05) is 26.0 Å². The van der Waals surface area contributed by atoms with Crippen LogP contribution in [-0.4, -0.2) is 37.6 Å². The number of hydrogen-bond donors (Lipinski definition) is 1. The average Bonchev–Trinajstić information content (AvgIpc) is 2.55. The summed E-state index contributed by atoms with van der Waals surface area (Å²) in [5, 5.41) is 2.84. The van der Waals surface area contributed by atoms with Crippen molar-refractivity contribution in [1.29, 1.82) is 0 Å². The first-order valence-electron chi connectivity index (χ1n) is 7.19. The maximum Gasteiger partial charge on any atom is 0.254 e. The molecule has 0 saturated heterocycles. The molecule has 0 aliphatic carbocycles. The van der Waals surface area contributed by atoms with Gasteiger partial charge in [-0.25, -0.2) is 0 Å².